The van der Waals surface area contributed by atoms with Crippen LogP contribution < -0.4 is 16.4 Å². The quantitative estimate of drug-likeness (QED) is 0.173. The average Bonchev–Trinajstić information content (AvgIpc) is 2.98. The molecule has 242 valence electrons. The number of methoxy groups -OCH3 is 2. The van der Waals surface area contributed by atoms with Crippen molar-refractivity contribution in [2.75, 3.05) is 30.6 Å². The molecule has 0 saturated heterocycles. The molecule has 5 N–H and O–H groups in total. The fourth-order valence-corrected chi connectivity index (χ4v) is 2.79. The molecule has 0 aliphatic carbocycles. The molecule has 0 aliphatic heterocycles. The van der Waals surface area contributed by atoms with Crippen molar-refractivity contribution in [3.63, 3.8) is 0 Å². The highest BCUT2D eigenvalue weighted by Gasteiger charge is 2.14. The summed E-state index contributed by atoms with van der Waals surface area (Å²) in [5.41, 5.74) is 8.66. The number of anilines is 3. The molecule has 2 amide bonds. The highest BCUT2D eigenvalue weighted by molar-refractivity contribution is 6.80. The third-order valence-electron chi connectivity index (χ3n) is 4.52. The number of amides is 2. The number of nitrogen functional groups attached to an aromatic ring is 1. The van der Waals surface area contributed by atoms with E-state index in [0.717, 1.165) is 19.9 Å². The Bertz CT molecular complexity index is 1560. The van der Waals surface area contributed by atoms with Crippen LogP contribution >= 0.6 is 46.4 Å². The smallest absolute Gasteiger partial charge is 0.396 e. The number of carboxylic acid groups (broad SMARTS) is 1. The maximum absolute atomic E-state index is 11.1. The lowest BCUT2D eigenvalue weighted by molar-refractivity contribution is -0.150. The second kappa shape index (κ2) is 20.4. The molecule has 3 aromatic rings. The van der Waals surface area contributed by atoms with Gasteiger partial charge in [0.1, 0.15) is 0 Å². The summed E-state index contributed by atoms with van der Waals surface area (Å²) in [6.45, 7) is 5.27. The van der Waals surface area contributed by atoms with Crippen molar-refractivity contribution in [2.24, 2.45) is 0 Å². The Morgan fingerprint density at radius 1 is 0.689 bits per heavy atom. The molecule has 0 unspecified atom stereocenters. The van der Waals surface area contributed by atoms with E-state index in [4.69, 9.17) is 45.6 Å². The number of rotatable bonds is 3. The molecular formula is C26H26Cl4N6O9. The summed E-state index contributed by atoms with van der Waals surface area (Å²) in [6, 6.07) is 4.62. The molecule has 0 aliphatic rings. The van der Waals surface area contributed by atoms with Gasteiger partial charge in [0.25, 0.3) is 0 Å². The fraction of sp³-hybridized carbons (Fsp3) is 0.192. The van der Waals surface area contributed by atoms with E-state index in [1.807, 2.05) is 6.92 Å². The van der Waals surface area contributed by atoms with Gasteiger partial charge in [-0.3, -0.25) is 29.3 Å². The van der Waals surface area contributed by atoms with E-state index < -0.39 is 35.0 Å². The molecule has 3 heterocycles. The summed E-state index contributed by atoms with van der Waals surface area (Å²) in [5.74, 6) is -5.53. The number of carbonyl (C=O) groups is 6. The van der Waals surface area contributed by atoms with Crippen LogP contribution in [0.25, 0.3) is 0 Å². The standard InChI is InChI=1S/C9H9ClN2O3.C8H7ClN2O3.C6H7ClN2.C3H3ClO3/c1-5-7(10)3-6(4-11-5)12-8(13)9(14)15-2;1-4-6(9)2-5(3-10-4)11-7(12)8(13)14;1-4-6(7)2-5(8)3-9-4;1-7-3(6)2(4)5/h3-4H,1-2H3,(H,12,13);2-3H,1H3,(H,11,12)(H,13,14);2-3H,8H2,1H3;1H3. The number of carbonyl (C=O) groups excluding carboxylic acids is 5. The number of nitrogens with zero attached hydrogens (tertiary/aromatic N) is 3. The number of halogens is 4. The van der Waals surface area contributed by atoms with Crippen LogP contribution in [0.5, 0.6) is 0 Å². The van der Waals surface area contributed by atoms with Crippen LogP contribution in [-0.2, 0) is 38.2 Å². The number of aryl methyl sites for hydroxylation is 3. The lowest BCUT2D eigenvalue weighted by atomic mass is 10.3. The van der Waals surface area contributed by atoms with E-state index in [1.54, 1.807) is 26.1 Å². The highest BCUT2D eigenvalue weighted by atomic mass is 35.5. The normalized spacial score (nSPS) is 9.27. The molecule has 0 bridgehead atoms. The van der Waals surface area contributed by atoms with Gasteiger partial charge >= 0.3 is 35.0 Å². The number of nitrogens with two attached hydrogens (primary N) is 1. The summed E-state index contributed by atoms with van der Waals surface area (Å²) in [5, 5.41) is 13.0. The Kier molecular flexibility index (Phi) is 18.3. The van der Waals surface area contributed by atoms with Gasteiger partial charge in [-0.2, -0.15) is 0 Å². The van der Waals surface area contributed by atoms with Gasteiger partial charge in [-0.25, -0.2) is 14.4 Å². The van der Waals surface area contributed by atoms with E-state index in [-0.39, 0.29) is 5.69 Å². The maximum atomic E-state index is 11.1. The van der Waals surface area contributed by atoms with E-state index >= 15 is 0 Å². The second-order valence-electron chi connectivity index (χ2n) is 7.89. The van der Waals surface area contributed by atoms with Crippen LogP contribution in [0.15, 0.2) is 36.8 Å². The Hall–Kier alpha value is -4.57. The molecule has 3 rings (SSSR count). The highest BCUT2D eigenvalue weighted by Crippen LogP contribution is 2.18. The maximum Gasteiger partial charge on any atom is 0.396 e. The van der Waals surface area contributed by atoms with Crippen LogP contribution in [0.4, 0.5) is 17.1 Å². The summed E-state index contributed by atoms with van der Waals surface area (Å²) >= 11 is 21.8. The van der Waals surface area contributed by atoms with Crippen molar-refractivity contribution in [2.45, 2.75) is 20.8 Å². The minimum atomic E-state index is -1.55. The van der Waals surface area contributed by atoms with Gasteiger partial charge in [0.2, 0.25) is 0 Å². The monoisotopic (exact) mass is 706 g/mol. The zero-order valence-corrected chi connectivity index (χ0v) is 27.1. The van der Waals surface area contributed by atoms with E-state index in [2.05, 4.69) is 46.7 Å². The topological polar surface area (TPSA) is 230 Å². The van der Waals surface area contributed by atoms with Crippen LogP contribution in [0.1, 0.15) is 17.1 Å². The summed E-state index contributed by atoms with van der Waals surface area (Å²) in [4.78, 5) is 73.9. The molecule has 0 aromatic carbocycles. The van der Waals surface area contributed by atoms with Crippen molar-refractivity contribution in [3.05, 3.63) is 68.9 Å². The first kappa shape index (κ1) is 40.4. The van der Waals surface area contributed by atoms with Gasteiger partial charge in [-0.15, -0.1) is 0 Å². The number of aliphatic carboxylic acids is 1. The SMILES string of the molecule is COC(=O)C(=O)Cl.COC(=O)C(=O)Nc1cnc(C)c(Cl)c1.Cc1ncc(N)cc1Cl.Cc1ncc(NC(=O)C(=O)O)cc1Cl. The molecule has 0 fully saturated rings. The number of pyridine rings is 3. The molecule has 19 heteroatoms. The summed E-state index contributed by atoms with van der Waals surface area (Å²) in [7, 11) is 2.21. The molecule has 45 heavy (non-hydrogen) atoms. The predicted molar refractivity (Wildman–Crippen MR) is 166 cm³/mol. The van der Waals surface area contributed by atoms with Crippen molar-refractivity contribution in [3.8, 4) is 0 Å². The summed E-state index contributed by atoms with van der Waals surface area (Å²) in [6.07, 6.45) is 4.32. The third kappa shape index (κ3) is 16.2. The number of nitrogens with one attached hydrogen (secondary N) is 2. The van der Waals surface area contributed by atoms with Crippen LogP contribution in [0.2, 0.25) is 15.1 Å². The molecule has 15 nitrogen and oxygen atoms in total. The van der Waals surface area contributed by atoms with E-state index in [9.17, 15) is 28.8 Å². The minimum absolute atomic E-state index is 0.257. The van der Waals surface area contributed by atoms with Gasteiger partial charge < -0.3 is 30.9 Å². The number of carboxylic acids is 1. The first-order valence-electron chi connectivity index (χ1n) is 11.8. The Labute approximate surface area is 276 Å². The lowest BCUT2D eigenvalue weighted by Gasteiger charge is -2.04. The Balaban J connectivity index is 0.000000598. The zero-order chi connectivity index (χ0) is 34.9. The van der Waals surface area contributed by atoms with Crippen molar-refractivity contribution in [1.82, 2.24) is 15.0 Å². The second-order valence-corrected chi connectivity index (χ2v) is 9.45. The minimum Gasteiger partial charge on any atom is -0.474 e. The van der Waals surface area contributed by atoms with Crippen LogP contribution in [0.3, 0.4) is 0 Å². The average molecular weight is 708 g/mol. The number of ether oxygens (including phenoxy) is 2. The van der Waals surface area contributed by atoms with Crippen molar-refractivity contribution < 1.29 is 43.3 Å². The van der Waals surface area contributed by atoms with E-state index in [1.165, 1.54) is 24.5 Å². The molecule has 0 spiro atoms. The van der Waals surface area contributed by atoms with Gasteiger partial charge in [0.05, 0.1) is 82.0 Å². The van der Waals surface area contributed by atoms with Crippen molar-refractivity contribution in [1.29, 1.82) is 0 Å². The first-order valence-corrected chi connectivity index (χ1v) is 13.3. The molecule has 0 atom stereocenters. The number of esters is 2. The molecule has 0 saturated carbocycles. The fourth-order valence-electron chi connectivity index (χ4n) is 2.21. The first-order chi connectivity index (χ1) is 20.9. The number of hydrogen-bond acceptors (Lipinski definition) is 12. The number of aromatic nitrogens is 3. The Morgan fingerprint density at radius 3 is 1.36 bits per heavy atom. The van der Waals surface area contributed by atoms with Gasteiger partial charge in [-0.1, -0.05) is 34.8 Å². The van der Waals surface area contributed by atoms with E-state index in [0.29, 0.717) is 37.8 Å². The van der Waals surface area contributed by atoms with Gasteiger partial charge in [0, 0.05) is 0 Å². The predicted octanol–water partition coefficient (Wildman–Crippen LogP) is 3.77. The Morgan fingerprint density at radius 2 is 1.07 bits per heavy atom. The third-order valence-corrected chi connectivity index (χ3v) is 5.83. The van der Waals surface area contributed by atoms with Gasteiger partial charge in [-0.05, 0) is 50.6 Å². The largest absolute Gasteiger partial charge is 0.474 e. The lowest BCUT2D eigenvalue weighted by Crippen LogP contribution is -2.23. The van der Waals surface area contributed by atoms with Crippen molar-refractivity contribution >= 4 is 98.4 Å². The van der Waals surface area contributed by atoms with Crippen LogP contribution in [0, 0.1) is 20.8 Å². The zero-order valence-electron chi connectivity index (χ0n) is 24.1. The van der Waals surface area contributed by atoms with Gasteiger partial charge in [0.15, 0.2) is 0 Å². The summed E-state index contributed by atoms with van der Waals surface area (Å²) < 4.78 is 8.13. The molecule has 3 aromatic heterocycles. The molecule has 0 radical (unpaired) electrons. The van der Waals surface area contributed by atoms with Crippen LogP contribution in [-0.4, -0.2) is 69.2 Å². The number of hydrogen-bond donors (Lipinski definition) is 4. The molecular weight excluding hydrogens is 682 g/mol.